The average molecular weight is 398 g/mol. The number of fused-ring (bicyclic) bond motifs is 1. The quantitative estimate of drug-likeness (QED) is 0.516. The molecule has 0 spiro atoms. The van der Waals surface area contributed by atoms with Crippen molar-refractivity contribution in [2.24, 2.45) is 0 Å². The molecule has 2 heterocycles. The number of rotatable bonds is 3. The van der Waals surface area contributed by atoms with Crippen LogP contribution < -0.4 is 0 Å². The number of hydrogen-bond acceptors (Lipinski definition) is 1. The van der Waals surface area contributed by atoms with E-state index in [0.29, 0.717) is 5.56 Å². The molecule has 0 bridgehead atoms. The van der Waals surface area contributed by atoms with Gasteiger partial charge in [0.2, 0.25) is 0 Å². The number of aryl methyl sites for hydroxylation is 3. The minimum absolute atomic E-state index is 0.0758. The Hall–Kier alpha value is -2.53. The van der Waals surface area contributed by atoms with E-state index in [1.165, 1.54) is 23.3 Å². The predicted octanol–water partition coefficient (Wildman–Crippen LogP) is 6.12. The summed E-state index contributed by atoms with van der Waals surface area (Å²) in [7, 11) is 0. The topological polar surface area (TPSA) is 8.17 Å². The van der Waals surface area contributed by atoms with Crippen LogP contribution in [0.3, 0.4) is 0 Å². The lowest BCUT2D eigenvalue weighted by Crippen LogP contribution is -2.30. The van der Waals surface area contributed by atoms with Gasteiger partial charge in [-0.3, -0.25) is 4.90 Å². The molecule has 2 nitrogen and oxygen atoms in total. The van der Waals surface area contributed by atoms with Crippen LogP contribution in [0.1, 0.15) is 46.0 Å². The Balaban J connectivity index is 1.78. The molecule has 2 aromatic carbocycles. The van der Waals surface area contributed by atoms with Crippen molar-refractivity contribution in [3.05, 3.63) is 94.3 Å². The molecule has 1 aliphatic heterocycles. The second-order valence-electron chi connectivity index (χ2n) is 7.85. The summed E-state index contributed by atoms with van der Waals surface area (Å²) in [5.41, 5.74) is 4.45. The number of halogens is 3. The van der Waals surface area contributed by atoms with E-state index in [1.54, 1.807) is 12.1 Å². The van der Waals surface area contributed by atoms with Gasteiger partial charge in [-0.2, -0.15) is 13.2 Å². The van der Waals surface area contributed by atoms with Crippen molar-refractivity contribution in [3.8, 4) is 0 Å². The molecule has 0 aliphatic carbocycles. The van der Waals surface area contributed by atoms with Gasteiger partial charge in [0.15, 0.2) is 0 Å². The van der Waals surface area contributed by atoms with E-state index >= 15 is 0 Å². The Morgan fingerprint density at radius 2 is 1.72 bits per heavy atom. The van der Waals surface area contributed by atoms with Crippen molar-refractivity contribution >= 4 is 0 Å². The highest BCUT2D eigenvalue weighted by Gasteiger charge is 2.35. The molecule has 29 heavy (non-hydrogen) atoms. The van der Waals surface area contributed by atoms with Crippen LogP contribution in [-0.2, 0) is 19.3 Å². The fourth-order valence-electron chi connectivity index (χ4n) is 4.28. The summed E-state index contributed by atoms with van der Waals surface area (Å²) in [4.78, 5) is 2.19. The first-order valence-electron chi connectivity index (χ1n) is 9.96. The first-order chi connectivity index (χ1) is 13.8. The third-order valence-corrected chi connectivity index (χ3v) is 5.90. The van der Waals surface area contributed by atoms with Crippen molar-refractivity contribution in [2.45, 2.75) is 45.6 Å². The lowest BCUT2D eigenvalue weighted by atomic mass is 9.96. The molecular formula is C24H25F3N2. The van der Waals surface area contributed by atoms with Crippen molar-refractivity contribution in [3.63, 3.8) is 0 Å². The highest BCUT2D eigenvalue weighted by Crippen LogP contribution is 2.37. The van der Waals surface area contributed by atoms with Crippen molar-refractivity contribution in [1.29, 1.82) is 0 Å². The monoisotopic (exact) mass is 398 g/mol. The number of aromatic nitrogens is 1. The van der Waals surface area contributed by atoms with Gasteiger partial charge in [-0.15, -0.1) is 0 Å². The zero-order chi connectivity index (χ0) is 20.6. The normalized spacial score (nSPS) is 17.8. The maximum atomic E-state index is 13.6. The summed E-state index contributed by atoms with van der Waals surface area (Å²) in [5, 5.41) is 0. The van der Waals surface area contributed by atoms with Gasteiger partial charge in [0.05, 0.1) is 11.6 Å². The Labute approximate surface area is 169 Å². The largest absolute Gasteiger partial charge is 0.416 e. The minimum atomic E-state index is -4.35. The molecule has 0 saturated carbocycles. The van der Waals surface area contributed by atoms with Crippen LogP contribution in [0.5, 0.6) is 0 Å². The Kier molecular flexibility index (Phi) is 5.26. The molecule has 4 rings (SSSR count). The molecule has 0 unspecified atom stereocenters. The van der Waals surface area contributed by atoms with E-state index in [2.05, 4.69) is 53.8 Å². The molecule has 0 fully saturated rings. The Bertz CT molecular complexity index is 1000. The third kappa shape index (κ3) is 3.97. The van der Waals surface area contributed by atoms with Crippen LogP contribution in [0, 0.1) is 13.8 Å². The molecule has 1 atom stereocenters. The fourth-order valence-corrected chi connectivity index (χ4v) is 4.28. The van der Waals surface area contributed by atoms with E-state index in [1.807, 2.05) is 6.07 Å². The highest BCUT2D eigenvalue weighted by molar-refractivity contribution is 5.37. The van der Waals surface area contributed by atoms with Gasteiger partial charge in [0.1, 0.15) is 0 Å². The van der Waals surface area contributed by atoms with Gasteiger partial charge < -0.3 is 4.57 Å². The molecule has 5 heteroatoms. The molecule has 0 amide bonds. The smallest absolute Gasteiger partial charge is 0.350 e. The molecule has 1 aromatic heterocycles. The van der Waals surface area contributed by atoms with Crippen LogP contribution in [0.4, 0.5) is 13.2 Å². The van der Waals surface area contributed by atoms with E-state index < -0.39 is 11.7 Å². The Morgan fingerprint density at radius 1 is 0.931 bits per heavy atom. The highest BCUT2D eigenvalue weighted by atomic mass is 19.4. The van der Waals surface area contributed by atoms with Gasteiger partial charge in [0.25, 0.3) is 0 Å². The van der Waals surface area contributed by atoms with Gasteiger partial charge in [-0.25, -0.2) is 0 Å². The summed E-state index contributed by atoms with van der Waals surface area (Å²) in [5.74, 6) is 0. The summed E-state index contributed by atoms with van der Waals surface area (Å²) in [6, 6.07) is 16.4. The second kappa shape index (κ2) is 7.71. The second-order valence-corrected chi connectivity index (χ2v) is 7.85. The fraction of sp³-hybridized carbons (Fsp3) is 0.333. The third-order valence-electron chi connectivity index (χ3n) is 5.90. The molecular weight excluding hydrogens is 373 g/mol. The lowest BCUT2D eigenvalue weighted by molar-refractivity contribution is -0.138. The van der Waals surface area contributed by atoms with Crippen molar-refractivity contribution < 1.29 is 13.2 Å². The first-order valence-corrected chi connectivity index (χ1v) is 9.96. The zero-order valence-electron chi connectivity index (χ0n) is 16.7. The minimum Gasteiger partial charge on any atom is -0.350 e. The van der Waals surface area contributed by atoms with Crippen LogP contribution in [0.15, 0.2) is 60.8 Å². The number of nitrogens with zero attached hydrogens (tertiary/aromatic N) is 2. The van der Waals surface area contributed by atoms with Crippen LogP contribution in [0.2, 0.25) is 0 Å². The van der Waals surface area contributed by atoms with Gasteiger partial charge in [-0.05, 0) is 60.7 Å². The van der Waals surface area contributed by atoms with Gasteiger partial charge >= 0.3 is 6.18 Å². The lowest BCUT2D eigenvalue weighted by Gasteiger charge is -2.32. The van der Waals surface area contributed by atoms with E-state index in [9.17, 15) is 13.2 Å². The number of benzene rings is 2. The van der Waals surface area contributed by atoms with Gasteiger partial charge in [0, 0.05) is 31.5 Å². The zero-order valence-corrected chi connectivity index (χ0v) is 16.7. The molecule has 152 valence electrons. The van der Waals surface area contributed by atoms with Crippen LogP contribution in [0.25, 0.3) is 0 Å². The SMILES string of the molecule is Cc1ccc([C@@H]2c3cccn3CCCN2Cc2ccccc2C(F)(F)F)cc1C. The standard InChI is InChI=1S/C24H25F3N2/c1-17-10-11-19(15-18(17)2)23-22-9-5-12-28(22)13-6-14-29(23)16-20-7-3-4-8-21(20)24(25,26)27/h3-5,7-12,15,23H,6,13-14,16H2,1-2H3/t23-/m1/s1. The molecule has 0 saturated heterocycles. The van der Waals surface area contributed by atoms with Crippen molar-refractivity contribution in [1.82, 2.24) is 9.47 Å². The average Bonchev–Trinajstić information content (AvgIpc) is 3.05. The maximum Gasteiger partial charge on any atom is 0.416 e. The summed E-state index contributed by atoms with van der Waals surface area (Å²) in [6.45, 7) is 6.04. The summed E-state index contributed by atoms with van der Waals surface area (Å²) in [6.07, 6.45) is -1.38. The van der Waals surface area contributed by atoms with E-state index in [-0.39, 0.29) is 12.6 Å². The number of alkyl halides is 3. The first kappa shape index (κ1) is 19.8. The summed E-state index contributed by atoms with van der Waals surface area (Å²) < 4.78 is 42.9. The van der Waals surface area contributed by atoms with Crippen molar-refractivity contribution in [2.75, 3.05) is 6.54 Å². The van der Waals surface area contributed by atoms with Crippen LogP contribution >= 0.6 is 0 Å². The molecule has 0 N–H and O–H groups in total. The number of hydrogen-bond donors (Lipinski definition) is 0. The molecule has 1 aliphatic rings. The Morgan fingerprint density at radius 3 is 2.48 bits per heavy atom. The predicted molar refractivity (Wildman–Crippen MR) is 109 cm³/mol. The van der Waals surface area contributed by atoms with Gasteiger partial charge in [-0.1, -0.05) is 36.4 Å². The molecule has 0 radical (unpaired) electrons. The van der Waals surface area contributed by atoms with E-state index in [0.717, 1.165) is 30.8 Å². The molecule has 3 aromatic rings. The summed E-state index contributed by atoms with van der Waals surface area (Å²) >= 11 is 0. The van der Waals surface area contributed by atoms with Crippen LogP contribution in [-0.4, -0.2) is 16.0 Å². The van der Waals surface area contributed by atoms with E-state index in [4.69, 9.17) is 0 Å². The maximum absolute atomic E-state index is 13.6.